The second-order valence-corrected chi connectivity index (χ2v) is 9.90. The van der Waals surface area contributed by atoms with E-state index in [0.29, 0.717) is 50.3 Å². The zero-order valence-corrected chi connectivity index (χ0v) is 19.2. The molecule has 0 aliphatic carbocycles. The molecule has 1 N–H and O–H groups in total. The number of hydrogen-bond acceptors (Lipinski definition) is 4. The van der Waals surface area contributed by atoms with E-state index >= 15 is 0 Å². The molecule has 7 heteroatoms. The summed E-state index contributed by atoms with van der Waals surface area (Å²) in [7, 11) is -3.48. The van der Waals surface area contributed by atoms with E-state index in [1.54, 1.807) is 12.1 Å². The van der Waals surface area contributed by atoms with Crippen LogP contribution in [-0.2, 0) is 21.2 Å². The first-order chi connectivity index (χ1) is 14.9. The Morgan fingerprint density at radius 2 is 1.77 bits per heavy atom. The fourth-order valence-electron chi connectivity index (χ4n) is 3.72. The van der Waals surface area contributed by atoms with Crippen molar-refractivity contribution in [2.75, 3.05) is 19.7 Å². The maximum absolute atomic E-state index is 12.9. The average Bonchev–Trinajstić information content (AvgIpc) is 2.78. The van der Waals surface area contributed by atoms with Gasteiger partial charge < -0.3 is 10.1 Å². The number of sulfonamides is 1. The lowest BCUT2D eigenvalue weighted by atomic mass is 10.1. The second kappa shape index (κ2) is 10.8. The van der Waals surface area contributed by atoms with E-state index in [-0.39, 0.29) is 11.9 Å². The number of amides is 1. The number of carbonyl (C=O) groups is 1. The lowest BCUT2D eigenvalue weighted by molar-refractivity contribution is -0.122. The van der Waals surface area contributed by atoms with Gasteiger partial charge in [-0.15, -0.1) is 0 Å². The van der Waals surface area contributed by atoms with Gasteiger partial charge in [-0.05, 0) is 61.9 Å². The molecule has 1 heterocycles. The van der Waals surface area contributed by atoms with E-state index in [1.165, 1.54) is 4.31 Å². The standard InChI is InChI=1S/C24H32N2O4S/c1-3-20-10-12-22(13-11-20)31(28,29)26-16-14-21(15-17-26)25-24(27)9-6-18-30-23-8-5-4-7-19(23)2/h4-5,7-8,10-13,21H,3,6,9,14-18H2,1-2H3,(H,25,27). The molecule has 0 aromatic heterocycles. The van der Waals surface area contributed by atoms with Gasteiger partial charge in [0.2, 0.25) is 15.9 Å². The number of hydrogen-bond donors (Lipinski definition) is 1. The molecule has 1 saturated heterocycles. The Morgan fingerprint density at radius 1 is 1.10 bits per heavy atom. The molecule has 0 unspecified atom stereocenters. The molecule has 31 heavy (non-hydrogen) atoms. The van der Waals surface area contributed by atoms with Crippen LogP contribution in [0.4, 0.5) is 0 Å². The van der Waals surface area contributed by atoms with E-state index in [9.17, 15) is 13.2 Å². The molecule has 2 aromatic rings. The Hall–Kier alpha value is -2.38. The normalized spacial score (nSPS) is 15.5. The van der Waals surface area contributed by atoms with Gasteiger partial charge in [0, 0.05) is 25.6 Å². The highest BCUT2D eigenvalue weighted by molar-refractivity contribution is 7.89. The van der Waals surface area contributed by atoms with Crippen molar-refractivity contribution in [3.63, 3.8) is 0 Å². The van der Waals surface area contributed by atoms with Crippen LogP contribution < -0.4 is 10.1 Å². The Balaban J connectivity index is 1.40. The summed E-state index contributed by atoms with van der Waals surface area (Å²) in [5, 5.41) is 3.04. The summed E-state index contributed by atoms with van der Waals surface area (Å²) < 4.78 is 33.0. The summed E-state index contributed by atoms with van der Waals surface area (Å²) >= 11 is 0. The Bertz CT molecular complexity index is 965. The zero-order valence-electron chi connectivity index (χ0n) is 18.3. The summed E-state index contributed by atoms with van der Waals surface area (Å²) in [6, 6.07) is 14.9. The molecule has 0 saturated carbocycles. The number of aryl methyl sites for hydroxylation is 2. The molecule has 6 nitrogen and oxygen atoms in total. The summed E-state index contributed by atoms with van der Waals surface area (Å²) in [5.74, 6) is 0.839. The topological polar surface area (TPSA) is 75.7 Å². The number of ether oxygens (including phenoxy) is 1. The number of benzene rings is 2. The molecule has 1 aliphatic heterocycles. The minimum absolute atomic E-state index is 0.00940. The van der Waals surface area contributed by atoms with Crippen molar-refractivity contribution in [3.8, 4) is 5.75 Å². The molecule has 0 spiro atoms. The number of piperidine rings is 1. The Kier molecular flexibility index (Phi) is 8.09. The molecule has 2 aromatic carbocycles. The molecule has 168 valence electrons. The summed E-state index contributed by atoms with van der Waals surface area (Å²) in [6.45, 7) is 5.36. The highest BCUT2D eigenvalue weighted by atomic mass is 32.2. The second-order valence-electron chi connectivity index (χ2n) is 7.96. The molecule has 1 aliphatic rings. The predicted molar refractivity (Wildman–Crippen MR) is 122 cm³/mol. The van der Waals surface area contributed by atoms with Crippen LogP contribution >= 0.6 is 0 Å². The minimum Gasteiger partial charge on any atom is -0.493 e. The van der Waals surface area contributed by atoms with Gasteiger partial charge in [0.1, 0.15) is 5.75 Å². The van der Waals surface area contributed by atoms with Crippen LogP contribution in [0.25, 0.3) is 0 Å². The molecule has 0 atom stereocenters. The zero-order chi connectivity index (χ0) is 22.3. The van der Waals surface area contributed by atoms with Crippen molar-refractivity contribution in [1.82, 2.24) is 9.62 Å². The summed E-state index contributed by atoms with van der Waals surface area (Å²) in [4.78, 5) is 12.6. The third kappa shape index (κ3) is 6.31. The highest BCUT2D eigenvalue weighted by Crippen LogP contribution is 2.21. The largest absolute Gasteiger partial charge is 0.493 e. The number of para-hydroxylation sites is 1. The van der Waals surface area contributed by atoms with E-state index in [0.717, 1.165) is 23.3 Å². The van der Waals surface area contributed by atoms with Crippen LogP contribution in [-0.4, -0.2) is 44.4 Å². The predicted octanol–water partition coefficient (Wildman–Crippen LogP) is 3.69. The van der Waals surface area contributed by atoms with Gasteiger partial charge in [0.05, 0.1) is 11.5 Å². The maximum Gasteiger partial charge on any atom is 0.243 e. The fraction of sp³-hybridized carbons (Fsp3) is 0.458. The first kappa shape index (κ1) is 23.3. The quantitative estimate of drug-likeness (QED) is 0.599. The van der Waals surface area contributed by atoms with Crippen molar-refractivity contribution >= 4 is 15.9 Å². The molecule has 0 radical (unpaired) electrons. The number of nitrogens with zero attached hydrogens (tertiary/aromatic N) is 1. The van der Waals surface area contributed by atoms with E-state index < -0.39 is 10.0 Å². The van der Waals surface area contributed by atoms with Crippen LogP contribution in [0, 0.1) is 6.92 Å². The van der Waals surface area contributed by atoms with E-state index in [1.807, 2.05) is 50.2 Å². The Labute approximate surface area is 185 Å². The van der Waals surface area contributed by atoms with Crippen molar-refractivity contribution in [2.45, 2.75) is 56.9 Å². The average molecular weight is 445 g/mol. The fourth-order valence-corrected chi connectivity index (χ4v) is 5.19. The molecule has 1 fully saturated rings. The lowest BCUT2D eigenvalue weighted by Gasteiger charge is -2.31. The van der Waals surface area contributed by atoms with Crippen molar-refractivity contribution in [2.24, 2.45) is 0 Å². The van der Waals surface area contributed by atoms with Gasteiger partial charge in [-0.3, -0.25) is 4.79 Å². The smallest absolute Gasteiger partial charge is 0.243 e. The lowest BCUT2D eigenvalue weighted by Crippen LogP contribution is -2.46. The van der Waals surface area contributed by atoms with Crippen LogP contribution in [0.1, 0.15) is 43.7 Å². The van der Waals surface area contributed by atoms with Gasteiger partial charge >= 0.3 is 0 Å². The van der Waals surface area contributed by atoms with Gasteiger partial charge in [-0.25, -0.2) is 8.42 Å². The summed E-state index contributed by atoms with van der Waals surface area (Å²) in [5.41, 5.74) is 2.19. The monoisotopic (exact) mass is 444 g/mol. The number of rotatable bonds is 9. The third-order valence-electron chi connectivity index (χ3n) is 5.69. The number of carbonyl (C=O) groups excluding carboxylic acids is 1. The van der Waals surface area contributed by atoms with Gasteiger partial charge in [0.15, 0.2) is 0 Å². The van der Waals surface area contributed by atoms with Crippen LogP contribution in [0.2, 0.25) is 0 Å². The summed E-state index contributed by atoms with van der Waals surface area (Å²) in [6.07, 6.45) is 3.16. The SMILES string of the molecule is CCc1ccc(S(=O)(=O)N2CCC(NC(=O)CCCOc3ccccc3C)CC2)cc1. The highest BCUT2D eigenvalue weighted by Gasteiger charge is 2.29. The third-order valence-corrected chi connectivity index (χ3v) is 7.60. The van der Waals surface area contributed by atoms with Crippen molar-refractivity contribution in [3.05, 3.63) is 59.7 Å². The van der Waals surface area contributed by atoms with E-state index in [4.69, 9.17) is 4.74 Å². The van der Waals surface area contributed by atoms with Crippen LogP contribution in [0.3, 0.4) is 0 Å². The van der Waals surface area contributed by atoms with Crippen LogP contribution in [0.15, 0.2) is 53.4 Å². The van der Waals surface area contributed by atoms with Crippen LogP contribution in [0.5, 0.6) is 5.75 Å². The molecule has 3 rings (SSSR count). The number of nitrogens with one attached hydrogen (secondary N) is 1. The van der Waals surface area contributed by atoms with Gasteiger partial charge in [-0.1, -0.05) is 37.3 Å². The first-order valence-electron chi connectivity index (χ1n) is 11.0. The van der Waals surface area contributed by atoms with Crippen molar-refractivity contribution in [1.29, 1.82) is 0 Å². The maximum atomic E-state index is 12.9. The Morgan fingerprint density at radius 3 is 2.42 bits per heavy atom. The van der Waals surface area contributed by atoms with E-state index in [2.05, 4.69) is 5.32 Å². The molecule has 1 amide bonds. The minimum atomic E-state index is -3.48. The first-order valence-corrected chi connectivity index (χ1v) is 12.4. The van der Waals surface area contributed by atoms with Gasteiger partial charge in [0.25, 0.3) is 0 Å². The van der Waals surface area contributed by atoms with Gasteiger partial charge in [-0.2, -0.15) is 4.31 Å². The molecular weight excluding hydrogens is 412 g/mol. The molecule has 0 bridgehead atoms. The molecular formula is C24H32N2O4S. The van der Waals surface area contributed by atoms with Crippen molar-refractivity contribution < 1.29 is 17.9 Å².